The van der Waals surface area contributed by atoms with Crippen molar-refractivity contribution >= 4 is 32.6 Å². The van der Waals surface area contributed by atoms with E-state index in [4.69, 9.17) is 0 Å². The van der Waals surface area contributed by atoms with Gasteiger partial charge in [0.1, 0.15) is 5.69 Å². The maximum Gasteiger partial charge on any atom is 0.293 e. The van der Waals surface area contributed by atoms with Crippen LogP contribution in [0.4, 0.5) is 22.7 Å². The molecule has 3 aromatic carbocycles. The second kappa shape index (κ2) is 9.71. The fourth-order valence-corrected chi connectivity index (χ4v) is 5.45. The number of sulfone groups is 1. The van der Waals surface area contributed by atoms with E-state index in [1.807, 2.05) is 28.9 Å². The number of nitro benzene ring substituents is 2. The number of hydrogen-bond donors (Lipinski definition) is 0. The van der Waals surface area contributed by atoms with Gasteiger partial charge in [0, 0.05) is 50.1 Å². The summed E-state index contributed by atoms with van der Waals surface area (Å²) in [6.45, 7) is 3.98. The van der Waals surface area contributed by atoms with Crippen LogP contribution < -0.4 is 9.80 Å². The molecule has 0 atom stereocenters. The maximum atomic E-state index is 12.9. The third-order valence-corrected chi connectivity index (χ3v) is 7.71. The summed E-state index contributed by atoms with van der Waals surface area (Å²) in [4.78, 5) is 25.5. The van der Waals surface area contributed by atoms with Gasteiger partial charge in [0.15, 0.2) is 9.84 Å². The van der Waals surface area contributed by atoms with Crippen LogP contribution in [0, 0.1) is 27.2 Å². The van der Waals surface area contributed by atoms with Crippen LogP contribution in [-0.4, -0.2) is 44.4 Å². The molecule has 11 heteroatoms. The molecule has 0 unspecified atom stereocenters. The molecule has 10 nitrogen and oxygen atoms in total. The van der Waals surface area contributed by atoms with Gasteiger partial charge in [0.05, 0.1) is 20.5 Å². The zero-order chi connectivity index (χ0) is 25.2. The van der Waals surface area contributed by atoms with Crippen LogP contribution >= 0.6 is 0 Å². The lowest BCUT2D eigenvalue weighted by molar-refractivity contribution is -0.384. The number of rotatable bonds is 7. The van der Waals surface area contributed by atoms with Crippen molar-refractivity contribution in [2.75, 3.05) is 36.0 Å². The third kappa shape index (κ3) is 5.40. The highest BCUT2D eigenvalue weighted by molar-refractivity contribution is 7.90. The highest BCUT2D eigenvalue weighted by Gasteiger charge is 2.27. The first-order chi connectivity index (χ1) is 16.6. The van der Waals surface area contributed by atoms with Gasteiger partial charge in [-0.1, -0.05) is 29.8 Å². The molecule has 0 aromatic heterocycles. The van der Waals surface area contributed by atoms with E-state index in [-0.39, 0.29) is 22.0 Å². The summed E-state index contributed by atoms with van der Waals surface area (Å²) in [7, 11) is -3.76. The summed E-state index contributed by atoms with van der Waals surface area (Å²) in [6.07, 6.45) is 0. The molecule has 0 amide bonds. The first-order valence-electron chi connectivity index (χ1n) is 11.0. The summed E-state index contributed by atoms with van der Waals surface area (Å²) in [6, 6.07) is 17.5. The van der Waals surface area contributed by atoms with Crippen molar-refractivity contribution < 1.29 is 18.3 Å². The zero-order valence-corrected chi connectivity index (χ0v) is 19.8. The van der Waals surface area contributed by atoms with Gasteiger partial charge >= 0.3 is 0 Å². The minimum absolute atomic E-state index is 0.0143. The molecule has 1 aliphatic heterocycles. The quantitative estimate of drug-likeness (QED) is 0.353. The molecule has 0 radical (unpaired) electrons. The van der Waals surface area contributed by atoms with Crippen molar-refractivity contribution in [3.8, 4) is 0 Å². The van der Waals surface area contributed by atoms with Crippen LogP contribution in [0.25, 0.3) is 0 Å². The van der Waals surface area contributed by atoms with E-state index in [1.54, 1.807) is 24.3 Å². The molecule has 0 saturated carbocycles. The minimum Gasteiger partial charge on any atom is -0.368 e. The van der Waals surface area contributed by atoms with Gasteiger partial charge in [-0.3, -0.25) is 20.2 Å². The molecule has 1 aliphatic rings. The first kappa shape index (κ1) is 24.1. The number of benzene rings is 3. The summed E-state index contributed by atoms with van der Waals surface area (Å²) in [5.74, 6) is -0.238. The molecule has 0 bridgehead atoms. The van der Waals surface area contributed by atoms with E-state index in [9.17, 15) is 28.6 Å². The van der Waals surface area contributed by atoms with Crippen molar-refractivity contribution in [2.45, 2.75) is 17.6 Å². The van der Waals surface area contributed by atoms with Gasteiger partial charge in [0.25, 0.3) is 11.4 Å². The Hall–Kier alpha value is -3.99. The van der Waals surface area contributed by atoms with Gasteiger partial charge < -0.3 is 9.80 Å². The molecule has 4 rings (SSSR count). The fraction of sp³-hybridized carbons (Fsp3) is 0.250. The molecular formula is C24H24N4O6S. The molecule has 1 saturated heterocycles. The first-order valence-corrected chi connectivity index (χ1v) is 12.6. The van der Waals surface area contributed by atoms with Gasteiger partial charge in [0.2, 0.25) is 0 Å². The normalized spacial score (nSPS) is 14.1. The molecule has 1 heterocycles. The van der Waals surface area contributed by atoms with E-state index in [0.29, 0.717) is 37.4 Å². The maximum absolute atomic E-state index is 12.9. The van der Waals surface area contributed by atoms with E-state index in [2.05, 4.69) is 0 Å². The van der Waals surface area contributed by atoms with Crippen molar-refractivity contribution in [2.24, 2.45) is 0 Å². The lowest BCUT2D eigenvalue weighted by Gasteiger charge is -2.37. The fourth-order valence-electron chi connectivity index (χ4n) is 4.09. The average molecular weight is 497 g/mol. The molecule has 0 aliphatic carbocycles. The SMILES string of the molecule is Cc1ccc(CS(=O)(=O)c2ccc(N3CCN(c4ccc([N+](=O)[O-])cc4)CC3)c([N+](=O)[O-])c2)cc1. The number of anilines is 2. The topological polar surface area (TPSA) is 127 Å². The number of hydrogen-bond acceptors (Lipinski definition) is 8. The molecule has 182 valence electrons. The summed E-state index contributed by atoms with van der Waals surface area (Å²) in [5.41, 5.74) is 2.60. The van der Waals surface area contributed by atoms with Crippen molar-refractivity contribution in [1.29, 1.82) is 0 Å². The standard InChI is InChI=1S/C24H24N4O6S/c1-18-2-4-19(5-3-18)17-35(33,34)22-10-11-23(24(16-22)28(31)32)26-14-12-25(13-15-26)20-6-8-21(9-7-20)27(29)30/h2-11,16H,12-15,17H2,1H3. The average Bonchev–Trinajstić information content (AvgIpc) is 2.85. The Morgan fingerprint density at radius 3 is 1.97 bits per heavy atom. The Morgan fingerprint density at radius 2 is 1.40 bits per heavy atom. The van der Waals surface area contributed by atoms with Crippen LogP contribution in [-0.2, 0) is 15.6 Å². The summed E-state index contributed by atoms with van der Waals surface area (Å²) in [5, 5.41) is 22.7. The van der Waals surface area contributed by atoms with E-state index < -0.39 is 19.7 Å². The van der Waals surface area contributed by atoms with Crippen LogP contribution in [0.2, 0.25) is 0 Å². The second-order valence-corrected chi connectivity index (χ2v) is 10.4. The molecule has 0 N–H and O–H groups in total. The Labute approximate surface area is 202 Å². The predicted molar refractivity (Wildman–Crippen MR) is 133 cm³/mol. The highest BCUT2D eigenvalue weighted by Crippen LogP contribution is 2.33. The second-order valence-electron chi connectivity index (χ2n) is 8.40. The van der Waals surface area contributed by atoms with Crippen LogP contribution in [0.15, 0.2) is 71.6 Å². The van der Waals surface area contributed by atoms with Crippen LogP contribution in [0.5, 0.6) is 0 Å². The summed E-state index contributed by atoms with van der Waals surface area (Å²) < 4.78 is 25.9. The van der Waals surface area contributed by atoms with E-state index in [0.717, 1.165) is 17.3 Å². The zero-order valence-electron chi connectivity index (χ0n) is 19.0. The lowest BCUT2D eigenvalue weighted by Crippen LogP contribution is -2.46. The predicted octanol–water partition coefficient (Wildman–Crippen LogP) is 4.11. The number of aryl methyl sites for hydroxylation is 1. The highest BCUT2D eigenvalue weighted by atomic mass is 32.2. The monoisotopic (exact) mass is 496 g/mol. The number of nitrogens with zero attached hydrogens (tertiary/aromatic N) is 4. The van der Waals surface area contributed by atoms with Gasteiger partial charge in [-0.15, -0.1) is 0 Å². The van der Waals surface area contributed by atoms with Crippen LogP contribution in [0.3, 0.4) is 0 Å². The largest absolute Gasteiger partial charge is 0.368 e. The number of non-ortho nitro benzene ring substituents is 1. The number of piperazine rings is 1. The molecular weight excluding hydrogens is 472 g/mol. The Kier molecular flexibility index (Phi) is 6.70. The van der Waals surface area contributed by atoms with Crippen molar-refractivity contribution in [3.05, 3.63) is 98.1 Å². The van der Waals surface area contributed by atoms with Crippen LogP contribution in [0.1, 0.15) is 11.1 Å². The van der Waals surface area contributed by atoms with Gasteiger partial charge in [-0.25, -0.2) is 8.42 Å². The smallest absolute Gasteiger partial charge is 0.293 e. The molecule has 35 heavy (non-hydrogen) atoms. The van der Waals surface area contributed by atoms with E-state index >= 15 is 0 Å². The Bertz CT molecular complexity index is 1350. The Morgan fingerprint density at radius 1 is 0.800 bits per heavy atom. The van der Waals surface area contributed by atoms with Crippen molar-refractivity contribution in [1.82, 2.24) is 0 Å². The number of nitro groups is 2. The molecule has 0 spiro atoms. The summed E-state index contributed by atoms with van der Waals surface area (Å²) >= 11 is 0. The van der Waals surface area contributed by atoms with Crippen molar-refractivity contribution in [3.63, 3.8) is 0 Å². The Balaban J connectivity index is 1.51. The van der Waals surface area contributed by atoms with Gasteiger partial charge in [-0.05, 0) is 36.8 Å². The minimum atomic E-state index is -3.76. The molecule has 1 fully saturated rings. The van der Waals surface area contributed by atoms with Gasteiger partial charge in [-0.2, -0.15) is 0 Å². The van der Waals surface area contributed by atoms with E-state index in [1.165, 1.54) is 24.3 Å². The lowest BCUT2D eigenvalue weighted by atomic mass is 10.2. The molecule has 3 aromatic rings. The third-order valence-electron chi connectivity index (χ3n) is 6.03.